The van der Waals surface area contributed by atoms with Crippen molar-refractivity contribution in [1.29, 1.82) is 0 Å². The lowest BCUT2D eigenvalue weighted by Crippen LogP contribution is -2.38. The van der Waals surface area contributed by atoms with Crippen LogP contribution in [0.5, 0.6) is 0 Å². The number of aromatic nitrogens is 1. The van der Waals surface area contributed by atoms with Gasteiger partial charge in [0.1, 0.15) is 0 Å². The standard InChI is InChI=1S/C23H20ClN3O3/c24-19-8-3-1-6-15(19)17(18-12-25-20-9-4-2-7-16(18)20)13-26-22(28)14-27-23(29)21-10-5-11-30-21/h1-12,17,25H,13-14H2,(H,26,28)(H,27,29). The molecule has 7 heteroatoms. The second-order valence-electron chi connectivity index (χ2n) is 6.83. The lowest BCUT2D eigenvalue weighted by molar-refractivity contribution is -0.120. The fourth-order valence-electron chi connectivity index (χ4n) is 3.46. The predicted molar refractivity (Wildman–Crippen MR) is 116 cm³/mol. The van der Waals surface area contributed by atoms with Gasteiger partial charge in [-0.1, -0.05) is 48.0 Å². The van der Waals surface area contributed by atoms with Gasteiger partial charge in [0.2, 0.25) is 5.91 Å². The fraction of sp³-hybridized carbons (Fsp3) is 0.130. The van der Waals surface area contributed by atoms with Crippen LogP contribution in [0.4, 0.5) is 0 Å². The van der Waals surface area contributed by atoms with Crippen molar-refractivity contribution in [2.45, 2.75) is 5.92 Å². The number of rotatable bonds is 7. The smallest absolute Gasteiger partial charge is 0.287 e. The first kappa shape index (κ1) is 19.8. The minimum absolute atomic E-state index is 0.150. The minimum atomic E-state index is -0.436. The average Bonchev–Trinajstić information content (AvgIpc) is 3.44. The summed E-state index contributed by atoms with van der Waals surface area (Å²) in [6.45, 7) is 0.184. The van der Waals surface area contributed by atoms with E-state index in [1.807, 2.05) is 54.7 Å². The molecule has 1 atom stereocenters. The van der Waals surface area contributed by atoms with Gasteiger partial charge in [0.25, 0.3) is 5.91 Å². The van der Waals surface area contributed by atoms with E-state index in [0.717, 1.165) is 22.0 Å². The normalized spacial score (nSPS) is 11.9. The van der Waals surface area contributed by atoms with Crippen molar-refractivity contribution in [3.05, 3.63) is 95.0 Å². The molecule has 2 amide bonds. The summed E-state index contributed by atoms with van der Waals surface area (Å²) in [5.41, 5.74) is 2.98. The number of furan rings is 1. The molecule has 0 bridgehead atoms. The highest BCUT2D eigenvalue weighted by Crippen LogP contribution is 2.33. The molecule has 6 nitrogen and oxygen atoms in total. The van der Waals surface area contributed by atoms with Gasteiger partial charge in [0, 0.05) is 34.6 Å². The molecule has 0 spiro atoms. The van der Waals surface area contributed by atoms with E-state index < -0.39 is 5.91 Å². The second kappa shape index (κ2) is 8.88. The third-order valence-corrected chi connectivity index (χ3v) is 5.28. The molecule has 152 valence electrons. The van der Waals surface area contributed by atoms with Crippen LogP contribution in [0, 0.1) is 0 Å². The highest BCUT2D eigenvalue weighted by Gasteiger charge is 2.21. The molecule has 0 fully saturated rings. The number of carbonyl (C=O) groups excluding carboxylic acids is 2. The number of H-pyrrole nitrogens is 1. The van der Waals surface area contributed by atoms with Crippen LogP contribution in [0.25, 0.3) is 10.9 Å². The molecule has 1 unspecified atom stereocenters. The molecule has 2 aromatic heterocycles. The Hall–Kier alpha value is -3.51. The zero-order chi connectivity index (χ0) is 20.9. The lowest BCUT2D eigenvalue weighted by atomic mass is 9.90. The van der Waals surface area contributed by atoms with Gasteiger partial charge in [0.05, 0.1) is 12.8 Å². The quantitative estimate of drug-likeness (QED) is 0.420. The van der Waals surface area contributed by atoms with E-state index in [0.29, 0.717) is 11.6 Å². The molecule has 0 aliphatic carbocycles. The number of amides is 2. The summed E-state index contributed by atoms with van der Waals surface area (Å²) in [5.74, 6) is -0.726. The summed E-state index contributed by atoms with van der Waals surface area (Å²) < 4.78 is 5.02. The van der Waals surface area contributed by atoms with Crippen LogP contribution in [0.1, 0.15) is 27.6 Å². The molecule has 3 N–H and O–H groups in total. The van der Waals surface area contributed by atoms with Crippen LogP contribution in [0.3, 0.4) is 0 Å². The average molecular weight is 422 g/mol. The van der Waals surface area contributed by atoms with Crippen LogP contribution in [0.2, 0.25) is 5.02 Å². The predicted octanol–water partition coefficient (Wildman–Crippen LogP) is 4.09. The molecule has 4 rings (SSSR count). The van der Waals surface area contributed by atoms with Crippen molar-refractivity contribution >= 4 is 34.3 Å². The number of benzene rings is 2. The van der Waals surface area contributed by atoms with E-state index >= 15 is 0 Å². The van der Waals surface area contributed by atoms with Crippen LogP contribution in [-0.4, -0.2) is 29.9 Å². The summed E-state index contributed by atoms with van der Waals surface area (Å²) in [5, 5.41) is 7.16. The van der Waals surface area contributed by atoms with Crippen LogP contribution < -0.4 is 10.6 Å². The third kappa shape index (κ3) is 4.23. The van der Waals surface area contributed by atoms with Crippen LogP contribution in [0.15, 0.2) is 77.5 Å². The zero-order valence-corrected chi connectivity index (χ0v) is 16.8. The maximum Gasteiger partial charge on any atom is 0.287 e. The number of para-hydroxylation sites is 1. The van der Waals surface area contributed by atoms with Crippen molar-refractivity contribution in [1.82, 2.24) is 15.6 Å². The van der Waals surface area contributed by atoms with Gasteiger partial charge in [0.15, 0.2) is 5.76 Å². The van der Waals surface area contributed by atoms with Crippen LogP contribution in [-0.2, 0) is 4.79 Å². The van der Waals surface area contributed by atoms with Gasteiger partial charge < -0.3 is 20.0 Å². The number of hydrogen-bond donors (Lipinski definition) is 3. The summed E-state index contributed by atoms with van der Waals surface area (Å²) in [7, 11) is 0. The topological polar surface area (TPSA) is 87.1 Å². The third-order valence-electron chi connectivity index (χ3n) is 4.94. The Kier molecular flexibility index (Phi) is 5.86. The SMILES string of the molecule is O=C(CNC(=O)c1ccco1)NCC(c1ccccc1Cl)c1c[nH]c2ccccc12. The molecule has 30 heavy (non-hydrogen) atoms. The Morgan fingerprint density at radius 2 is 1.77 bits per heavy atom. The molecule has 0 saturated carbocycles. The highest BCUT2D eigenvalue weighted by atomic mass is 35.5. The first-order chi connectivity index (χ1) is 14.6. The van der Waals surface area contributed by atoms with Crippen LogP contribution >= 0.6 is 11.6 Å². The van der Waals surface area contributed by atoms with E-state index in [2.05, 4.69) is 15.6 Å². The number of nitrogens with one attached hydrogen (secondary N) is 3. The Morgan fingerprint density at radius 3 is 2.57 bits per heavy atom. The second-order valence-corrected chi connectivity index (χ2v) is 7.23. The van der Waals surface area contributed by atoms with E-state index in [1.165, 1.54) is 12.3 Å². The summed E-state index contributed by atoms with van der Waals surface area (Å²) in [6, 6.07) is 18.7. The summed E-state index contributed by atoms with van der Waals surface area (Å²) >= 11 is 6.47. The maximum absolute atomic E-state index is 12.4. The molecule has 0 aliphatic heterocycles. The molecular formula is C23H20ClN3O3. The number of fused-ring (bicyclic) bond motifs is 1. The van der Waals surface area contributed by atoms with Crippen molar-refractivity contribution in [2.75, 3.05) is 13.1 Å². The maximum atomic E-state index is 12.4. The largest absolute Gasteiger partial charge is 0.459 e. The molecule has 4 aromatic rings. The Labute approximate surface area is 178 Å². The monoisotopic (exact) mass is 421 g/mol. The first-order valence-electron chi connectivity index (χ1n) is 9.52. The molecule has 0 radical (unpaired) electrons. The van der Waals surface area contributed by atoms with E-state index in [1.54, 1.807) is 6.07 Å². The van der Waals surface area contributed by atoms with Gasteiger partial charge in [-0.3, -0.25) is 9.59 Å². The number of carbonyl (C=O) groups is 2. The highest BCUT2D eigenvalue weighted by molar-refractivity contribution is 6.31. The minimum Gasteiger partial charge on any atom is -0.459 e. The fourth-order valence-corrected chi connectivity index (χ4v) is 3.73. The summed E-state index contributed by atoms with van der Waals surface area (Å²) in [6.07, 6.45) is 3.36. The number of hydrogen-bond acceptors (Lipinski definition) is 3. The number of aromatic amines is 1. The van der Waals surface area contributed by atoms with Crippen molar-refractivity contribution < 1.29 is 14.0 Å². The van der Waals surface area contributed by atoms with Gasteiger partial charge in [-0.2, -0.15) is 0 Å². The Morgan fingerprint density at radius 1 is 0.967 bits per heavy atom. The molecule has 2 aromatic carbocycles. The molecule has 0 aliphatic rings. The summed E-state index contributed by atoms with van der Waals surface area (Å²) in [4.78, 5) is 27.6. The Bertz CT molecular complexity index is 1170. The van der Waals surface area contributed by atoms with E-state index in [9.17, 15) is 9.59 Å². The lowest BCUT2D eigenvalue weighted by Gasteiger charge is -2.19. The Balaban J connectivity index is 1.50. The van der Waals surface area contributed by atoms with Gasteiger partial charge >= 0.3 is 0 Å². The van der Waals surface area contributed by atoms with Gasteiger partial charge in [-0.15, -0.1) is 0 Å². The van der Waals surface area contributed by atoms with Crippen molar-refractivity contribution in [2.24, 2.45) is 0 Å². The first-order valence-corrected chi connectivity index (χ1v) is 9.90. The molecule has 2 heterocycles. The molecular weight excluding hydrogens is 402 g/mol. The molecule has 0 saturated heterocycles. The van der Waals surface area contributed by atoms with Crippen molar-refractivity contribution in [3.8, 4) is 0 Å². The zero-order valence-electron chi connectivity index (χ0n) is 16.0. The van der Waals surface area contributed by atoms with E-state index in [-0.39, 0.29) is 24.1 Å². The van der Waals surface area contributed by atoms with Gasteiger partial charge in [-0.25, -0.2) is 0 Å². The van der Waals surface area contributed by atoms with Gasteiger partial charge in [-0.05, 0) is 35.4 Å². The van der Waals surface area contributed by atoms with Crippen molar-refractivity contribution in [3.63, 3.8) is 0 Å². The van der Waals surface area contributed by atoms with E-state index in [4.69, 9.17) is 16.0 Å². The number of halogens is 1.